The molecular formula is C16H27N3O3. The molecule has 0 aromatic heterocycles. The summed E-state index contributed by atoms with van der Waals surface area (Å²) in [5.74, 6) is -0.107. The zero-order valence-electron chi connectivity index (χ0n) is 13.3. The van der Waals surface area contributed by atoms with Crippen molar-refractivity contribution in [1.82, 2.24) is 16.0 Å². The lowest BCUT2D eigenvalue weighted by molar-refractivity contribution is -0.130. The van der Waals surface area contributed by atoms with Gasteiger partial charge in [-0.25, -0.2) is 0 Å². The Morgan fingerprint density at radius 3 is 2.32 bits per heavy atom. The van der Waals surface area contributed by atoms with E-state index in [1.165, 1.54) is 19.3 Å². The lowest BCUT2D eigenvalue weighted by atomic mass is 9.87. The average Bonchev–Trinajstić information content (AvgIpc) is 3.29. The first-order chi connectivity index (χ1) is 10.5. The zero-order valence-corrected chi connectivity index (χ0v) is 13.3. The zero-order chi connectivity index (χ0) is 15.9. The Morgan fingerprint density at radius 1 is 1.00 bits per heavy atom. The summed E-state index contributed by atoms with van der Waals surface area (Å²) in [5.41, 5.74) is 0. The van der Waals surface area contributed by atoms with Crippen LogP contribution in [0, 0.1) is 5.92 Å². The second-order valence-corrected chi connectivity index (χ2v) is 6.56. The van der Waals surface area contributed by atoms with Gasteiger partial charge >= 0.3 is 0 Å². The van der Waals surface area contributed by atoms with Crippen LogP contribution in [0.5, 0.6) is 0 Å². The van der Waals surface area contributed by atoms with Crippen LogP contribution in [-0.2, 0) is 14.4 Å². The molecule has 0 spiro atoms. The van der Waals surface area contributed by atoms with Crippen LogP contribution in [0.15, 0.2) is 0 Å². The van der Waals surface area contributed by atoms with E-state index in [1.807, 2.05) is 0 Å². The Morgan fingerprint density at radius 2 is 1.68 bits per heavy atom. The standard InChI is InChI=1S/C16H27N3O3/c1-11(16(22)17-10-15(21)19-13-7-8-13)18-14(20)9-12-5-3-2-4-6-12/h11-13H,2-10H2,1H3,(H,17,22)(H,18,20)(H,19,21)/t11-/m1/s1. The van der Waals surface area contributed by atoms with Gasteiger partial charge in [-0.1, -0.05) is 19.3 Å². The third kappa shape index (κ3) is 6.03. The molecule has 3 amide bonds. The summed E-state index contributed by atoms with van der Waals surface area (Å²) in [6, 6.07) is -0.318. The summed E-state index contributed by atoms with van der Waals surface area (Å²) in [7, 11) is 0. The molecule has 2 aliphatic rings. The van der Waals surface area contributed by atoms with Crippen molar-refractivity contribution in [2.45, 2.75) is 70.4 Å². The molecule has 0 bridgehead atoms. The van der Waals surface area contributed by atoms with Gasteiger partial charge in [0.05, 0.1) is 6.54 Å². The van der Waals surface area contributed by atoms with Crippen LogP contribution in [0.3, 0.4) is 0 Å². The van der Waals surface area contributed by atoms with Crippen molar-refractivity contribution >= 4 is 17.7 Å². The maximum absolute atomic E-state index is 11.9. The predicted octanol–water partition coefficient (Wildman–Crippen LogP) is 0.856. The van der Waals surface area contributed by atoms with Crippen LogP contribution in [0.25, 0.3) is 0 Å². The molecule has 0 aromatic carbocycles. The van der Waals surface area contributed by atoms with E-state index < -0.39 is 6.04 Å². The molecule has 0 unspecified atom stereocenters. The van der Waals surface area contributed by atoms with E-state index in [0.717, 1.165) is 25.7 Å². The first-order valence-electron chi connectivity index (χ1n) is 8.41. The summed E-state index contributed by atoms with van der Waals surface area (Å²) in [6.07, 6.45) is 8.42. The number of amides is 3. The van der Waals surface area contributed by atoms with Gasteiger partial charge in [0.1, 0.15) is 6.04 Å². The first-order valence-corrected chi connectivity index (χ1v) is 8.41. The quantitative estimate of drug-likeness (QED) is 0.652. The predicted molar refractivity (Wildman–Crippen MR) is 83.0 cm³/mol. The maximum Gasteiger partial charge on any atom is 0.242 e. The topological polar surface area (TPSA) is 87.3 Å². The molecule has 6 heteroatoms. The van der Waals surface area contributed by atoms with Crippen LogP contribution in [0.4, 0.5) is 0 Å². The van der Waals surface area contributed by atoms with E-state index in [9.17, 15) is 14.4 Å². The molecule has 2 aliphatic carbocycles. The van der Waals surface area contributed by atoms with Crippen molar-refractivity contribution in [3.05, 3.63) is 0 Å². The molecule has 22 heavy (non-hydrogen) atoms. The molecule has 0 radical (unpaired) electrons. The maximum atomic E-state index is 11.9. The fourth-order valence-corrected chi connectivity index (χ4v) is 2.85. The van der Waals surface area contributed by atoms with Gasteiger partial charge in [-0.3, -0.25) is 14.4 Å². The lowest BCUT2D eigenvalue weighted by Crippen LogP contribution is -2.48. The van der Waals surface area contributed by atoms with Crippen LogP contribution >= 0.6 is 0 Å². The molecule has 2 fully saturated rings. The Kier molecular flexibility index (Phi) is 6.21. The second-order valence-electron chi connectivity index (χ2n) is 6.56. The van der Waals surface area contributed by atoms with E-state index in [0.29, 0.717) is 12.3 Å². The van der Waals surface area contributed by atoms with Gasteiger partial charge in [-0.15, -0.1) is 0 Å². The molecule has 1 atom stereocenters. The van der Waals surface area contributed by atoms with Gasteiger partial charge in [0.25, 0.3) is 0 Å². The van der Waals surface area contributed by atoms with Crippen LogP contribution in [0.2, 0.25) is 0 Å². The van der Waals surface area contributed by atoms with Gasteiger partial charge in [-0.2, -0.15) is 0 Å². The summed E-state index contributed by atoms with van der Waals surface area (Å²) in [4.78, 5) is 35.3. The molecule has 124 valence electrons. The van der Waals surface area contributed by atoms with Crippen molar-refractivity contribution < 1.29 is 14.4 Å². The van der Waals surface area contributed by atoms with E-state index in [1.54, 1.807) is 6.92 Å². The third-order valence-electron chi connectivity index (χ3n) is 4.34. The average molecular weight is 309 g/mol. The SMILES string of the molecule is C[C@@H](NC(=O)CC1CCCCC1)C(=O)NCC(=O)NC1CC1. The minimum atomic E-state index is -0.607. The van der Waals surface area contributed by atoms with Crippen LogP contribution < -0.4 is 16.0 Å². The third-order valence-corrected chi connectivity index (χ3v) is 4.34. The molecular weight excluding hydrogens is 282 g/mol. The normalized spacial score (nSPS) is 20.0. The van der Waals surface area contributed by atoms with Gasteiger partial charge in [0.15, 0.2) is 0 Å². The number of hydrogen-bond acceptors (Lipinski definition) is 3. The van der Waals surface area contributed by atoms with Gasteiger partial charge in [0, 0.05) is 12.5 Å². The Hall–Kier alpha value is -1.59. The molecule has 2 saturated carbocycles. The summed E-state index contributed by atoms with van der Waals surface area (Å²) < 4.78 is 0. The minimum absolute atomic E-state index is 0.0296. The molecule has 0 aliphatic heterocycles. The first kappa shape index (κ1) is 16.8. The van der Waals surface area contributed by atoms with E-state index in [2.05, 4.69) is 16.0 Å². The minimum Gasteiger partial charge on any atom is -0.352 e. The van der Waals surface area contributed by atoms with Crippen molar-refractivity contribution in [3.8, 4) is 0 Å². The van der Waals surface area contributed by atoms with Crippen molar-refractivity contribution in [2.24, 2.45) is 5.92 Å². The van der Waals surface area contributed by atoms with Crippen molar-refractivity contribution in [3.63, 3.8) is 0 Å². The monoisotopic (exact) mass is 309 g/mol. The molecule has 6 nitrogen and oxygen atoms in total. The molecule has 3 N–H and O–H groups in total. The van der Waals surface area contributed by atoms with Gasteiger partial charge < -0.3 is 16.0 Å². The highest BCUT2D eigenvalue weighted by Gasteiger charge is 2.24. The Labute approximate surface area is 131 Å². The molecule has 2 rings (SSSR count). The van der Waals surface area contributed by atoms with Crippen molar-refractivity contribution in [2.75, 3.05) is 6.54 Å². The fraction of sp³-hybridized carbons (Fsp3) is 0.812. The van der Waals surface area contributed by atoms with Gasteiger partial charge in [-0.05, 0) is 38.5 Å². The second kappa shape index (κ2) is 8.15. The van der Waals surface area contributed by atoms with E-state index >= 15 is 0 Å². The van der Waals surface area contributed by atoms with Crippen LogP contribution in [0.1, 0.15) is 58.3 Å². The fourth-order valence-electron chi connectivity index (χ4n) is 2.85. The number of carbonyl (C=O) groups excluding carboxylic acids is 3. The molecule has 0 heterocycles. The van der Waals surface area contributed by atoms with Crippen LogP contribution in [-0.4, -0.2) is 36.3 Å². The summed E-state index contributed by atoms with van der Waals surface area (Å²) in [6.45, 7) is 1.62. The largest absolute Gasteiger partial charge is 0.352 e. The summed E-state index contributed by atoms with van der Waals surface area (Å²) in [5, 5.41) is 8.08. The van der Waals surface area contributed by atoms with Gasteiger partial charge in [0.2, 0.25) is 17.7 Å². The number of hydrogen-bond donors (Lipinski definition) is 3. The highest BCUT2D eigenvalue weighted by molar-refractivity contribution is 5.90. The van der Waals surface area contributed by atoms with E-state index in [-0.39, 0.29) is 30.3 Å². The Bertz CT molecular complexity index is 415. The molecule has 0 aromatic rings. The molecule has 0 saturated heterocycles. The number of rotatable bonds is 7. The smallest absolute Gasteiger partial charge is 0.242 e. The summed E-state index contributed by atoms with van der Waals surface area (Å²) >= 11 is 0. The lowest BCUT2D eigenvalue weighted by Gasteiger charge is -2.22. The van der Waals surface area contributed by atoms with E-state index in [4.69, 9.17) is 0 Å². The number of nitrogens with one attached hydrogen (secondary N) is 3. The highest BCUT2D eigenvalue weighted by Crippen LogP contribution is 2.26. The number of carbonyl (C=O) groups is 3. The van der Waals surface area contributed by atoms with Crippen molar-refractivity contribution in [1.29, 1.82) is 0 Å². The highest BCUT2D eigenvalue weighted by atomic mass is 16.2. The Balaban J connectivity index is 1.61.